The smallest absolute Gasteiger partial charge is 0.341 e. The SMILES string of the molecule is CCOC(=O)c1cnc2ccccc2c1NC1CCN(C(=O)C2CCCCC2)CC1. The van der Waals surface area contributed by atoms with Crippen LogP contribution in [0.3, 0.4) is 0 Å². The molecule has 0 unspecified atom stereocenters. The predicted molar refractivity (Wildman–Crippen MR) is 117 cm³/mol. The van der Waals surface area contributed by atoms with Crippen molar-refractivity contribution in [1.29, 1.82) is 0 Å². The van der Waals surface area contributed by atoms with Gasteiger partial charge in [-0.25, -0.2) is 4.79 Å². The number of carbonyl (C=O) groups is 2. The summed E-state index contributed by atoms with van der Waals surface area (Å²) in [4.78, 5) is 31.8. The van der Waals surface area contributed by atoms with Crippen molar-refractivity contribution < 1.29 is 14.3 Å². The Labute approximate surface area is 178 Å². The zero-order chi connectivity index (χ0) is 20.9. The van der Waals surface area contributed by atoms with Crippen LogP contribution in [0, 0.1) is 5.92 Å². The number of esters is 1. The number of rotatable bonds is 5. The van der Waals surface area contributed by atoms with E-state index in [9.17, 15) is 9.59 Å². The highest BCUT2D eigenvalue weighted by Crippen LogP contribution is 2.30. The first-order valence-electron chi connectivity index (χ1n) is 11.3. The molecule has 2 fully saturated rings. The lowest BCUT2D eigenvalue weighted by Crippen LogP contribution is -2.45. The molecule has 30 heavy (non-hydrogen) atoms. The second-order valence-corrected chi connectivity index (χ2v) is 8.36. The minimum atomic E-state index is -0.358. The van der Waals surface area contributed by atoms with Crippen molar-refractivity contribution in [3.05, 3.63) is 36.0 Å². The molecule has 1 aliphatic carbocycles. The van der Waals surface area contributed by atoms with Gasteiger partial charge in [-0.3, -0.25) is 9.78 Å². The van der Waals surface area contributed by atoms with Crippen molar-refractivity contribution in [2.24, 2.45) is 5.92 Å². The third-order valence-corrected chi connectivity index (χ3v) is 6.38. The standard InChI is InChI=1S/C24H31N3O3/c1-2-30-24(29)20-16-25-21-11-7-6-10-19(21)22(20)26-18-12-14-27(15-13-18)23(28)17-8-4-3-5-9-17/h6-7,10-11,16-18H,2-5,8-9,12-15H2,1H3,(H,25,26). The van der Waals surface area contributed by atoms with Crippen LogP contribution in [0.1, 0.15) is 62.2 Å². The number of carbonyl (C=O) groups excluding carboxylic acids is 2. The first-order valence-corrected chi connectivity index (χ1v) is 11.3. The van der Waals surface area contributed by atoms with Gasteiger partial charge in [0.15, 0.2) is 0 Å². The number of hydrogen-bond donors (Lipinski definition) is 1. The number of piperidine rings is 1. The van der Waals surface area contributed by atoms with Gasteiger partial charge in [0.1, 0.15) is 5.56 Å². The molecule has 1 saturated carbocycles. The summed E-state index contributed by atoms with van der Waals surface area (Å²) in [5, 5.41) is 4.51. The topological polar surface area (TPSA) is 71.5 Å². The van der Waals surface area contributed by atoms with Crippen LogP contribution in [-0.2, 0) is 9.53 Å². The van der Waals surface area contributed by atoms with Crippen LogP contribution in [0.5, 0.6) is 0 Å². The fourth-order valence-corrected chi connectivity index (χ4v) is 4.72. The first kappa shape index (κ1) is 20.6. The summed E-state index contributed by atoms with van der Waals surface area (Å²) in [6.45, 7) is 3.67. The van der Waals surface area contributed by atoms with Crippen molar-refractivity contribution in [1.82, 2.24) is 9.88 Å². The van der Waals surface area contributed by atoms with E-state index < -0.39 is 0 Å². The molecule has 160 valence electrons. The van der Waals surface area contributed by atoms with Crippen LogP contribution in [0.15, 0.2) is 30.5 Å². The van der Waals surface area contributed by atoms with Gasteiger partial charge in [-0.1, -0.05) is 37.5 Å². The number of hydrogen-bond acceptors (Lipinski definition) is 5. The highest BCUT2D eigenvalue weighted by molar-refractivity contribution is 6.04. The van der Waals surface area contributed by atoms with E-state index in [4.69, 9.17) is 4.74 Å². The summed E-state index contributed by atoms with van der Waals surface area (Å²) < 4.78 is 5.25. The van der Waals surface area contributed by atoms with E-state index in [-0.39, 0.29) is 17.9 Å². The predicted octanol–water partition coefficient (Wildman–Crippen LogP) is 4.39. The van der Waals surface area contributed by atoms with Crippen LogP contribution in [0.2, 0.25) is 0 Å². The van der Waals surface area contributed by atoms with Crippen molar-refractivity contribution in [3.63, 3.8) is 0 Å². The number of ether oxygens (including phenoxy) is 1. The van der Waals surface area contributed by atoms with Crippen molar-refractivity contribution >= 4 is 28.5 Å². The van der Waals surface area contributed by atoms with Crippen LogP contribution in [0.25, 0.3) is 10.9 Å². The Kier molecular flexibility index (Phi) is 6.50. The van der Waals surface area contributed by atoms with Crippen molar-refractivity contribution in [2.75, 3.05) is 25.0 Å². The first-order chi connectivity index (χ1) is 14.7. The van der Waals surface area contributed by atoms with Gasteiger partial charge in [0, 0.05) is 36.6 Å². The number of pyridine rings is 1. The molecule has 0 bridgehead atoms. The number of nitrogens with one attached hydrogen (secondary N) is 1. The number of amides is 1. The average Bonchev–Trinajstić information content (AvgIpc) is 2.80. The summed E-state index contributed by atoms with van der Waals surface area (Å²) in [5.74, 6) is 0.209. The molecule has 0 radical (unpaired) electrons. The summed E-state index contributed by atoms with van der Waals surface area (Å²) in [6.07, 6.45) is 9.06. The fraction of sp³-hybridized carbons (Fsp3) is 0.542. The summed E-state index contributed by atoms with van der Waals surface area (Å²) in [7, 11) is 0. The Morgan fingerprint density at radius 3 is 2.57 bits per heavy atom. The molecule has 2 heterocycles. The molecular formula is C24H31N3O3. The zero-order valence-corrected chi connectivity index (χ0v) is 17.7. The third-order valence-electron chi connectivity index (χ3n) is 6.38. The highest BCUT2D eigenvalue weighted by atomic mass is 16.5. The number of likely N-dealkylation sites (tertiary alicyclic amines) is 1. The molecule has 0 atom stereocenters. The molecule has 1 aromatic carbocycles. The van der Waals surface area contributed by atoms with E-state index in [0.717, 1.165) is 55.4 Å². The maximum atomic E-state index is 12.8. The van der Waals surface area contributed by atoms with E-state index >= 15 is 0 Å². The maximum absolute atomic E-state index is 12.8. The van der Waals surface area contributed by atoms with Gasteiger partial charge >= 0.3 is 5.97 Å². The molecule has 1 aliphatic heterocycles. The van der Waals surface area contributed by atoms with E-state index in [0.29, 0.717) is 18.1 Å². The second kappa shape index (κ2) is 9.45. The number of fused-ring (bicyclic) bond motifs is 1. The van der Waals surface area contributed by atoms with Gasteiger partial charge < -0.3 is 15.0 Å². The number of benzene rings is 1. The number of anilines is 1. The van der Waals surface area contributed by atoms with Crippen molar-refractivity contribution in [2.45, 2.75) is 57.9 Å². The monoisotopic (exact) mass is 409 g/mol. The normalized spacial score (nSPS) is 18.4. The fourth-order valence-electron chi connectivity index (χ4n) is 4.72. The average molecular weight is 410 g/mol. The molecule has 0 spiro atoms. The van der Waals surface area contributed by atoms with Crippen LogP contribution in [0.4, 0.5) is 5.69 Å². The van der Waals surface area contributed by atoms with Crippen LogP contribution < -0.4 is 5.32 Å². The van der Waals surface area contributed by atoms with E-state index in [1.165, 1.54) is 19.3 Å². The second-order valence-electron chi connectivity index (χ2n) is 8.36. The molecule has 1 aromatic heterocycles. The Bertz CT molecular complexity index is 900. The molecular weight excluding hydrogens is 378 g/mol. The largest absolute Gasteiger partial charge is 0.462 e. The number of aromatic nitrogens is 1. The minimum Gasteiger partial charge on any atom is -0.462 e. The van der Waals surface area contributed by atoms with Gasteiger partial charge in [0.2, 0.25) is 5.91 Å². The van der Waals surface area contributed by atoms with E-state index in [1.807, 2.05) is 29.2 Å². The molecule has 4 rings (SSSR count). The zero-order valence-electron chi connectivity index (χ0n) is 17.7. The molecule has 2 aliphatic rings. The summed E-state index contributed by atoms with van der Waals surface area (Å²) in [5.41, 5.74) is 2.10. The van der Waals surface area contributed by atoms with E-state index in [2.05, 4.69) is 10.3 Å². The van der Waals surface area contributed by atoms with Gasteiger partial charge in [-0.15, -0.1) is 0 Å². The lowest BCUT2D eigenvalue weighted by molar-refractivity contribution is -0.137. The van der Waals surface area contributed by atoms with Crippen molar-refractivity contribution in [3.8, 4) is 0 Å². The molecule has 1 amide bonds. The summed E-state index contributed by atoms with van der Waals surface area (Å²) >= 11 is 0. The Morgan fingerprint density at radius 2 is 1.83 bits per heavy atom. The minimum absolute atomic E-state index is 0.208. The Hall–Kier alpha value is -2.63. The quantitative estimate of drug-likeness (QED) is 0.742. The van der Waals surface area contributed by atoms with Gasteiger partial charge in [0.25, 0.3) is 0 Å². The molecule has 6 nitrogen and oxygen atoms in total. The molecule has 2 aromatic rings. The third kappa shape index (κ3) is 4.42. The number of para-hydroxylation sites is 1. The molecule has 1 saturated heterocycles. The van der Waals surface area contributed by atoms with Crippen LogP contribution in [-0.4, -0.2) is 47.5 Å². The van der Waals surface area contributed by atoms with Gasteiger partial charge in [-0.05, 0) is 38.7 Å². The molecule has 1 N–H and O–H groups in total. The van der Waals surface area contributed by atoms with E-state index in [1.54, 1.807) is 13.1 Å². The lowest BCUT2D eigenvalue weighted by atomic mass is 9.87. The van der Waals surface area contributed by atoms with Gasteiger partial charge in [-0.2, -0.15) is 0 Å². The highest BCUT2D eigenvalue weighted by Gasteiger charge is 2.30. The number of nitrogens with zero attached hydrogens (tertiary/aromatic N) is 2. The Morgan fingerprint density at radius 1 is 1.10 bits per heavy atom. The van der Waals surface area contributed by atoms with Gasteiger partial charge in [0.05, 0.1) is 17.8 Å². The lowest BCUT2D eigenvalue weighted by Gasteiger charge is -2.36. The molecule has 6 heteroatoms. The maximum Gasteiger partial charge on any atom is 0.341 e. The Balaban J connectivity index is 1.47. The van der Waals surface area contributed by atoms with Crippen LogP contribution >= 0.6 is 0 Å². The summed E-state index contributed by atoms with van der Waals surface area (Å²) in [6, 6.07) is 8.03.